The van der Waals surface area contributed by atoms with Crippen molar-refractivity contribution in [2.45, 2.75) is 17.7 Å². The number of fused-ring (bicyclic) bond motifs is 1. The lowest BCUT2D eigenvalue weighted by Gasteiger charge is -2.21. The second-order valence-corrected chi connectivity index (χ2v) is 8.60. The minimum Gasteiger partial charge on any atom is -0.300 e. The van der Waals surface area contributed by atoms with E-state index in [4.69, 9.17) is 0 Å². The second-order valence-electron chi connectivity index (χ2n) is 6.59. The third-order valence-electron chi connectivity index (χ3n) is 4.48. The zero-order valence-electron chi connectivity index (χ0n) is 14.4. The Kier molecular flexibility index (Phi) is 4.03. The van der Waals surface area contributed by atoms with Crippen molar-refractivity contribution in [2.24, 2.45) is 5.92 Å². The molecule has 0 unspecified atom stereocenters. The number of sulfone groups is 1. The molecule has 0 saturated heterocycles. The summed E-state index contributed by atoms with van der Waals surface area (Å²) in [7, 11) is -3.30. The van der Waals surface area contributed by atoms with Gasteiger partial charge in [-0.05, 0) is 29.8 Å². The van der Waals surface area contributed by atoms with E-state index in [1.54, 1.807) is 30.5 Å². The average molecular weight is 384 g/mol. The van der Waals surface area contributed by atoms with Gasteiger partial charge in [0.05, 0.1) is 10.8 Å². The summed E-state index contributed by atoms with van der Waals surface area (Å²) in [5.41, 5.74) is 2.03. The van der Waals surface area contributed by atoms with Gasteiger partial charge in [0.15, 0.2) is 15.5 Å². The fraction of sp³-hybridized carbons (Fsp3) is 0.222. The van der Waals surface area contributed by atoms with Crippen LogP contribution in [0.25, 0.3) is 16.8 Å². The number of carbonyl (C=O) groups excluding carboxylic acids is 2. The summed E-state index contributed by atoms with van der Waals surface area (Å²) >= 11 is 0. The van der Waals surface area contributed by atoms with Crippen molar-refractivity contribution in [1.29, 1.82) is 0 Å². The van der Waals surface area contributed by atoms with E-state index in [0.29, 0.717) is 5.65 Å². The molecule has 1 amide bonds. The lowest BCUT2D eigenvalue weighted by molar-refractivity contribution is -0.135. The Bertz CT molecular complexity index is 1180. The highest BCUT2D eigenvalue weighted by molar-refractivity contribution is 7.90. The number of Topliss-reactive ketones (excluding diaryl/α,β-unsaturated/α-hetero) is 1. The summed E-state index contributed by atoms with van der Waals surface area (Å²) in [6, 6.07) is 10.2. The van der Waals surface area contributed by atoms with Crippen LogP contribution in [0.15, 0.2) is 47.5 Å². The molecule has 4 rings (SSSR count). The third-order valence-corrected chi connectivity index (χ3v) is 5.59. The summed E-state index contributed by atoms with van der Waals surface area (Å²) in [5.74, 6) is -0.314. The van der Waals surface area contributed by atoms with Gasteiger partial charge in [-0.25, -0.2) is 12.9 Å². The van der Waals surface area contributed by atoms with Crippen molar-refractivity contribution in [3.05, 3.63) is 42.6 Å². The van der Waals surface area contributed by atoms with Gasteiger partial charge < -0.3 is 0 Å². The number of carbonyl (C=O) groups is 2. The minimum atomic E-state index is -3.30. The molecule has 0 bridgehead atoms. The summed E-state index contributed by atoms with van der Waals surface area (Å²) in [6.07, 6.45) is 3.41. The maximum Gasteiger partial charge on any atom is 0.249 e. The van der Waals surface area contributed by atoms with Crippen molar-refractivity contribution in [3.63, 3.8) is 0 Å². The van der Waals surface area contributed by atoms with E-state index >= 15 is 0 Å². The molecule has 1 aliphatic rings. The SMILES string of the molecule is CS(=O)(=O)c1cccc(-c2ccc3nc(NC(=O)C4CC(=O)C4)nn3c2)c1. The molecule has 0 radical (unpaired) electrons. The fourth-order valence-electron chi connectivity index (χ4n) is 2.90. The van der Waals surface area contributed by atoms with Crippen molar-refractivity contribution in [2.75, 3.05) is 11.6 Å². The Morgan fingerprint density at radius 2 is 1.96 bits per heavy atom. The first kappa shape index (κ1) is 17.3. The molecule has 2 heterocycles. The molecule has 1 aliphatic carbocycles. The highest BCUT2D eigenvalue weighted by atomic mass is 32.2. The highest BCUT2D eigenvalue weighted by Gasteiger charge is 2.33. The smallest absolute Gasteiger partial charge is 0.249 e. The lowest BCUT2D eigenvalue weighted by atomic mass is 9.83. The first-order valence-electron chi connectivity index (χ1n) is 8.29. The van der Waals surface area contributed by atoms with Crippen LogP contribution in [-0.4, -0.2) is 41.0 Å². The lowest BCUT2D eigenvalue weighted by Crippen LogP contribution is -2.34. The molecule has 0 atom stereocenters. The number of amides is 1. The van der Waals surface area contributed by atoms with Crippen LogP contribution in [0.1, 0.15) is 12.8 Å². The Morgan fingerprint density at radius 1 is 1.19 bits per heavy atom. The molecule has 1 aromatic carbocycles. The fourth-order valence-corrected chi connectivity index (χ4v) is 3.57. The largest absolute Gasteiger partial charge is 0.300 e. The number of rotatable bonds is 4. The molecule has 138 valence electrons. The molecule has 1 fully saturated rings. The van der Waals surface area contributed by atoms with Crippen LogP contribution in [-0.2, 0) is 19.4 Å². The van der Waals surface area contributed by atoms with Crippen molar-refractivity contribution in [3.8, 4) is 11.1 Å². The van der Waals surface area contributed by atoms with Crippen LogP contribution >= 0.6 is 0 Å². The maximum atomic E-state index is 12.0. The van der Waals surface area contributed by atoms with Crippen LogP contribution in [0.5, 0.6) is 0 Å². The van der Waals surface area contributed by atoms with Gasteiger partial charge in [0.1, 0.15) is 5.78 Å². The number of aromatic nitrogens is 3. The van der Waals surface area contributed by atoms with Gasteiger partial charge in [0.25, 0.3) is 0 Å². The molecular weight excluding hydrogens is 368 g/mol. The van der Waals surface area contributed by atoms with Gasteiger partial charge in [0.2, 0.25) is 11.9 Å². The average Bonchev–Trinajstić information content (AvgIpc) is 2.99. The quantitative estimate of drug-likeness (QED) is 0.733. The van der Waals surface area contributed by atoms with Gasteiger partial charge >= 0.3 is 0 Å². The number of benzene rings is 1. The first-order chi connectivity index (χ1) is 12.8. The Hall–Kier alpha value is -3.07. The summed E-state index contributed by atoms with van der Waals surface area (Å²) in [5, 5.41) is 6.87. The van der Waals surface area contributed by atoms with E-state index in [1.165, 1.54) is 4.52 Å². The normalized spacial score (nSPS) is 14.9. The molecule has 1 saturated carbocycles. The predicted molar refractivity (Wildman–Crippen MR) is 97.9 cm³/mol. The molecular formula is C18H16N4O4S. The third kappa shape index (κ3) is 3.45. The maximum absolute atomic E-state index is 12.0. The second kappa shape index (κ2) is 6.27. The summed E-state index contributed by atoms with van der Waals surface area (Å²) in [4.78, 5) is 27.5. The number of ketones is 1. The van der Waals surface area contributed by atoms with Crippen molar-refractivity contribution in [1.82, 2.24) is 14.6 Å². The van der Waals surface area contributed by atoms with E-state index in [9.17, 15) is 18.0 Å². The van der Waals surface area contributed by atoms with Crippen LogP contribution < -0.4 is 5.32 Å². The number of anilines is 1. The molecule has 9 heteroatoms. The monoisotopic (exact) mass is 384 g/mol. The minimum absolute atomic E-state index is 0.0825. The van der Waals surface area contributed by atoms with Crippen LogP contribution in [0.2, 0.25) is 0 Å². The Morgan fingerprint density at radius 3 is 2.67 bits per heavy atom. The standard InChI is InChI=1S/C18H16N4O4S/c1-27(25,26)15-4-2-3-11(9-15)12-5-6-16-19-18(21-22(16)10-12)20-17(24)13-7-14(23)8-13/h2-6,9-10,13H,7-8H2,1H3,(H,20,21,24). The zero-order chi connectivity index (χ0) is 19.2. The van der Waals surface area contributed by atoms with Crippen LogP contribution in [0.3, 0.4) is 0 Å². The molecule has 27 heavy (non-hydrogen) atoms. The van der Waals surface area contributed by atoms with Crippen molar-refractivity contribution >= 4 is 33.1 Å². The molecule has 3 aromatic rings. The zero-order valence-corrected chi connectivity index (χ0v) is 15.2. The van der Waals surface area contributed by atoms with Gasteiger partial charge in [-0.2, -0.15) is 4.98 Å². The van der Waals surface area contributed by atoms with E-state index < -0.39 is 9.84 Å². The first-order valence-corrected chi connectivity index (χ1v) is 10.2. The van der Waals surface area contributed by atoms with Crippen molar-refractivity contribution < 1.29 is 18.0 Å². The Labute approximate surface area is 155 Å². The number of hydrogen-bond acceptors (Lipinski definition) is 6. The van der Waals surface area contributed by atoms with E-state index in [-0.39, 0.29) is 41.3 Å². The highest BCUT2D eigenvalue weighted by Crippen LogP contribution is 2.25. The number of hydrogen-bond donors (Lipinski definition) is 1. The summed E-state index contributed by atoms with van der Waals surface area (Å²) in [6.45, 7) is 0. The van der Waals surface area contributed by atoms with Crippen LogP contribution in [0, 0.1) is 5.92 Å². The van der Waals surface area contributed by atoms with Gasteiger partial charge in [0, 0.05) is 30.9 Å². The topological polar surface area (TPSA) is 110 Å². The number of nitrogens with zero attached hydrogens (tertiary/aromatic N) is 3. The number of pyridine rings is 1. The Balaban J connectivity index is 1.61. The summed E-state index contributed by atoms with van der Waals surface area (Å²) < 4.78 is 25.0. The molecule has 2 aromatic heterocycles. The van der Waals surface area contributed by atoms with E-state index in [0.717, 1.165) is 17.4 Å². The number of nitrogens with one attached hydrogen (secondary N) is 1. The van der Waals surface area contributed by atoms with Gasteiger partial charge in [-0.3, -0.25) is 14.9 Å². The van der Waals surface area contributed by atoms with Gasteiger partial charge in [-0.1, -0.05) is 12.1 Å². The molecule has 1 N–H and O–H groups in total. The van der Waals surface area contributed by atoms with E-state index in [2.05, 4.69) is 15.4 Å². The molecule has 0 aliphatic heterocycles. The predicted octanol–water partition coefficient (Wildman–Crippen LogP) is 1.72. The van der Waals surface area contributed by atoms with Gasteiger partial charge in [-0.15, -0.1) is 5.10 Å². The van der Waals surface area contributed by atoms with Crippen LogP contribution in [0.4, 0.5) is 5.95 Å². The molecule has 0 spiro atoms. The molecule has 8 nitrogen and oxygen atoms in total. The van der Waals surface area contributed by atoms with E-state index in [1.807, 2.05) is 12.1 Å².